The van der Waals surface area contributed by atoms with E-state index in [1.54, 1.807) is 6.92 Å². The smallest absolute Gasteiger partial charge is 0.410 e. The molecule has 130 valence electrons. The Labute approximate surface area is 137 Å². The molecule has 4 atom stereocenters. The van der Waals surface area contributed by atoms with Gasteiger partial charge in [0, 0.05) is 13.0 Å². The molecule has 1 saturated heterocycles. The van der Waals surface area contributed by atoms with E-state index in [4.69, 9.17) is 9.47 Å². The van der Waals surface area contributed by atoms with Crippen LogP contribution in [0.15, 0.2) is 0 Å². The average Bonchev–Trinajstić information content (AvgIpc) is 2.58. The zero-order valence-corrected chi connectivity index (χ0v) is 14.0. The van der Waals surface area contributed by atoms with Gasteiger partial charge in [0.2, 0.25) is 0 Å². The van der Waals surface area contributed by atoms with Crippen LogP contribution in [0.3, 0.4) is 0 Å². The highest BCUT2D eigenvalue weighted by atomic mass is 16.6. The molecule has 1 aliphatic carbocycles. The number of nitrogens with zero attached hydrogens (tertiary/aromatic N) is 1. The fraction of sp³-hybridized carbons (Fsp3) is 0.824. The number of methoxy groups -OCH3 is 1. The van der Waals surface area contributed by atoms with Crippen LogP contribution in [-0.4, -0.2) is 49.6 Å². The molecule has 2 rings (SSSR count). The standard InChI is InChI=1S/C17H27NO5/c1-3-23-16(20)15-10-14-9-12(5-4-8-19)6-7-13(14)11-18(15)17(21)22-2/h8,12-15H,3-7,9-11H2,1-2H3/t12-,13-,14+,15-/m0/s1. The normalized spacial score (nSPS) is 30.3. The van der Waals surface area contributed by atoms with Crippen molar-refractivity contribution in [2.45, 2.75) is 51.5 Å². The molecule has 0 aromatic heterocycles. The lowest BCUT2D eigenvalue weighted by atomic mass is 9.68. The Morgan fingerprint density at radius 3 is 2.65 bits per heavy atom. The number of carbonyl (C=O) groups is 3. The fourth-order valence-corrected chi connectivity index (χ4v) is 4.09. The van der Waals surface area contributed by atoms with Gasteiger partial charge in [0.1, 0.15) is 12.3 Å². The summed E-state index contributed by atoms with van der Waals surface area (Å²) >= 11 is 0. The third-order valence-corrected chi connectivity index (χ3v) is 5.24. The predicted molar refractivity (Wildman–Crippen MR) is 83.8 cm³/mol. The second-order valence-electron chi connectivity index (χ2n) is 6.57. The number of carbonyl (C=O) groups excluding carboxylic acids is 3. The van der Waals surface area contributed by atoms with E-state index in [1.807, 2.05) is 0 Å². The first kappa shape index (κ1) is 17.8. The number of rotatable bonds is 5. The highest BCUT2D eigenvalue weighted by Gasteiger charge is 2.44. The summed E-state index contributed by atoms with van der Waals surface area (Å²) in [4.78, 5) is 36.4. The minimum absolute atomic E-state index is 0.306. The van der Waals surface area contributed by atoms with E-state index in [0.717, 1.165) is 32.0 Å². The number of hydrogen-bond acceptors (Lipinski definition) is 5. The number of ether oxygens (including phenoxy) is 2. The summed E-state index contributed by atoms with van der Waals surface area (Å²) in [7, 11) is 1.34. The van der Waals surface area contributed by atoms with E-state index in [1.165, 1.54) is 12.0 Å². The van der Waals surface area contributed by atoms with E-state index < -0.39 is 12.1 Å². The number of esters is 1. The van der Waals surface area contributed by atoms with Crippen molar-refractivity contribution in [2.75, 3.05) is 20.3 Å². The second kappa shape index (κ2) is 8.31. The maximum absolute atomic E-state index is 12.2. The summed E-state index contributed by atoms with van der Waals surface area (Å²) in [5.41, 5.74) is 0. The summed E-state index contributed by atoms with van der Waals surface area (Å²) in [6.45, 7) is 2.63. The molecule has 1 heterocycles. The second-order valence-corrected chi connectivity index (χ2v) is 6.57. The van der Waals surface area contributed by atoms with Crippen LogP contribution in [0.4, 0.5) is 4.79 Å². The molecule has 1 aliphatic heterocycles. The molecule has 0 spiro atoms. The van der Waals surface area contributed by atoms with E-state index in [2.05, 4.69) is 0 Å². The summed E-state index contributed by atoms with van der Waals surface area (Å²) in [6.07, 6.45) is 5.86. The molecule has 23 heavy (non-hydrogen) atoms. The molecule has 6 heteroatoms. The van der Waals surface area contributed by atoms with Crippen LogP contribution in [-0.2, 0) is 19.1 Å². The molecule has 0 unspecified atom stereocenters. The van der Waals surface area contributed by atoms with Gasteiger partial charge in [-0.1, -0.05) is 6.42 Å². The van der Waals surface area contributed by atoms with Gasteiger partial charge >= 0.3 is 12.1 Å². The van der Waals surface area contributed by atoms with Gasteiger partial charge in [-0.3, -0.25) is 4.90 Å². The van der Waals surface area contributed by atoms with Crippen LogP contribution in [0.2, 0.25) is 0 Å². The molecule has 2 fully saturated rings. The van der Waals surface area contributed by atoms with E-state index in [9.17, 15) is 14.4 Å². The average molecular weight is 325 g/mol. The largest absolute Gasteiger partial charge is 0.464 e. The lowest BCUT2D eigenvalue weighted by Crippen LogP contribution is -2.55. The van der Waals surface area contributed by atoms with Crippen LogP contribution in [0.5, 0.6) is 0 Å². The molecule has 0 aromatic carbocycles. The molecule has 6 nitrogen and oxygen atoms in total. The van der Waals surface area contributed by atoms with Gasteiger partial charge < -0.3 is 14.3 Å². The van der Waals surface area contributed by atoms with E-state index in [-0.39, 0.29) is 5.97 Å². The summed E-state index contributed by atoms with van der Waals surface area (Å²) in [5, 5.41) is 0. The molecule has 0 aromatic rings. The predicted octanol–water partition coefficient (Wildman–Crippen LogP) is 2.40. The van der Waals surface area contributed by atoms with Crippen LogP contribution in [0, 0.1) is 17.8 Å². The van der Waals surface area contributed by atoms with Crippen molar-refractivity contribution in [1.82, 2.24) is 4.90 Å². The summed E-state index contributed by atoms with van der Waals surface area (Å²) < 4.78 is 9.99. The Kier molecular flexibility index (Phi) is 6.42. The van der Waals surface area contributed by atoms with Crippen LogP contribution >= 0.6 is 0 Å². The van der Waals surface area contributed by atoms with Gasteiger partial charge in [-0.25, -0.2) is 9.59 Å². The van der Waals surface area contributed by atoms with Crippen LogP contribution in [0.1, 0.15) is 45.4 Å². The van der Waals surface area contributed by atoms with Crippen molar-refractivity contribution in [2.24, 2.45) is 17.8 Å². The lowest BCUT2D eigenvalue weighted by Gasteiger charge is -2.46. The SMILES string of the molecule is CCOC(=O)[C@@H]1C[C@H]2C[C@@H](CCC=O)CC[C@H]2CN1C(=O)OC. The quantitative estimate of drug-likeness (QED) is 0.573. The first-order chi connectivity index (χ1) is 11.1. The van der Waals surface area contributed by atoms with Crippen molar-refractivity contribution < 1.29 is 23.9 Å². The van der Waals surface area contributed by atoms with Gasteiger partial charge in [0.15, 0.2) is 0 Å². The van der Waals surface area contributed by atoms with Gasteiger partial charge in [0.25, 0.3) is 0 Å². The highest BCUT2D eigenvalue weighted by Crippen LogP contribution is 2.42. The Morgan fingerprint density at radius 2 is 2.00 bits per heavy atom. The monoisotopic (exact) mass is 325 g/mol. The molecule has 0 bridgehead atoms. The van der Waals surface area contributed by atoms with Gasteiger partial charge in [-0.2, -0.15) is 0 Å². The maximum atomic E-state index is 12.2. The summed E-state index contributed by atoms with van der Waals surface area (Å²) in [6, 6.07) is -0.548. The van der Waals surface area contributed by atoms with E-state index >= 15 is 0 Å². The van der Waals surface area contributed by atoms with Gasteiger partial charge in [-0.05, 0) is 50.4 Å². The molecular formula is C17H27NO5. The van der Waals surface area contributed by atoms with Crippen molar-refractivity contribution in [3.63, 3.8) is 0 Å². The molecule has 0 N–H and O–H groups in total. The lowest BCUT2D eigenvalue weighted by molar-refractivity contribution is -0.152. The zero-order valence-electron chi connectivity index (χ0n) is 14.0. The number of aldehydes is 1. The molecule has 1 saturated carbocycles. The fourth-order valence-electron chi connectivity index (χ4n) is 4.09. The molecule has 0 radical (unpaired) electrons. The topological polar surface area (TPSA) is 72.9 Å². The Balaban J connectivity index is 2.06. The molecule has 2 aliphatic rings. The van der Waals surface area contributed by atoms with Crippen molar-refractivity contribution in [1.29, 1.82) is 0 Å². The maximum Gasteiger partial charge on any atom is 0.410 e. The third-order valence-electron chi connectivity index (χ3n) is 5.24. The van der Waals surface area contributed by atoms with Crippen LogP contribution in [0.25, 0.3) is 0 Å². The van der Waals surface area contributed by atoms with Gasteiger partial charge in [-0.15, -0.1) is 0 Å². The van der Waals surface area contributed by atoms with Crippen molar-refractivity contribution in [3.05, 3.63) is 0 Å². The zero-order chi connectivity index (χ0) is 16.8. The number of piperidine rings is 1. The third kappa shape index (κ3) is 4.24. The molecule has 1 amide bonds. The van der Waals surface area contributed by atoms with Crippen molar-refractivity contribution in [3.8, 4) is 0 Å². The summed E-state index contributed by atoms with van der Waals surface area (Å²) in [5.74, 6) is 1.03. The number of fused-ring (bicyclic) bond motifs is 1. The van der Waals surface area contributed by atoms with Gasteiger partial charge in [0.05, 0.1) is 13.7 Å². The Bertz CT molecular complexity index is 439. The van der Waals surface area contributed by atoms with Crippen molar-refractivity contribution >= 4 is 18.3 Å². The number of hydrogen-bond donors (Lipinski definition) is 0. The number of likely N-dealkylation sites (tertiary alicyclic amines) is 1. The Hall–Kier alpha value is -1.59. The number of amides is 1. The minimum Gasteiger partial charge on any atom is -0.464 e. The highest BCUT2D eigenvalue weighted by molar-refractivity contribution is 5.81. The first-order valence-corrected chi connectivity index (χ1v) is 8.55. The first-order valence-electron chi connectivity index (χ1n) is 8.55. The molecular weight excluding hydrogens is 298 g/mol. The Morgan fingerprint density at radius 1 is 1.22 bits per heavy atom. The minimum atomic E-state index is -0.548. The van der Waals surface area contributed by atoms with Crippen LogP contribution < -0.4 is 0 Å². The van der Waals surface area contributed by atoms with E-state index in [0.29, 0.717) is 43.7 Å².